The van der Waals surface area contributed by atoms with E-state index in [1.165, 1.54) is 18.4 Å². The number of amides is 1. The number of carbonyl (C=O) groups is 1. The standard InChI is InChI=1S/C14H18ClNOS/c15-12-5-3-4-11(10-12)7-8-16-14(17)13-6-1-2-9-18-13/h3-5,10,13H,1-2,6-9H2,(H,16,17). The zero-order valence-electron chi connectivity index (χ0n) is 10.3. The van der Waals surface area contributed by atoms with E-state index in [0.717, 1.165) is 23.6 Å². The average Bonchev–Trinajstić information content (AvgIpc) is 2.40. The maximum atomic E-state index is 11.9. The first-order chi connectivity index (χ1) is 8.75. The normalized spacial score (nSPS) is 19.5. The molecule has 1 saturated heterocycles. The van der Waals surface area contributed by atoms with Crippen LogP contribution in [0.4, 0.5) is 0 Å². The summed E-state index contributed by atoms with van der Waals surface area (Å²) >= 11 is 7.70. The fraction of sp³-hybridized carbons (Fsp3) is 0.500. The minimum absolute atomic E-state index is 0.165. The Labute approximate surface area is 117 Å². The Morgan fingerprint density at radius 1 is 1.44 bits per heavy atom. The molecular weight excluding hydrogens is 266 g/mol. The quantitative estimate of drug-likeness (QED) is 0.919. The molecule has 0 radical (unpaired) electrons. The molecule has 1 aromatic rings. The highest BCUT2D eigenvalue weighted by molar-refractivity contribution is 8.00. The number of nitrogens with one attached hydrogen (secondary N) is 1. The minimum Gasteiger partial charge on any atom is -0.355 e. The van der Waals surface area contributed by atoms with Gasteiger partial charge >= 0.3 is 0 Å². The zero-order chi connectivity index (χ0) is 12.8. The summed E-state index contributed by atoms with van der Waals surface area (Å²) in [4.78, 5) is 11.9. The Morgan fingerprint density at radius 3 is 3.06 bits per heavy atom. The molecule has 1 aliphatic heterocycles. The summed E-state index contributed by atoms with van der Waals surface area (Å²) < 4.78 is 0. The molecule has 1 N–H and O–H groups in total. The van der Waals surface area contributed by atoms with Gasteiger partial charge in [-0.15, -0.1) is 11.8 Å². The summed E-state index contributed by atoms with van der Waals surface area (Å²) in [6.07, 6.45) is 4.29. The van der Waals surface area contributed by atoms with Crippen LogP contribution in [0.25, 0.3) is 0 Å². The second-order valence-corrected chi connectivity index (χ2v) is 6.27. The van der Waals surface area contributed by atoms with Gasteiger partial charge in [-0.2, -0.15) is 0 Å². The van der Waals surface area contributed by atoms with Gasteiger partial charge in [0.25, 0.3) is 0 Å². The molecule has 2 rings (SSSR count). The molecule has 2 nitrogen and oxygen atoms in total. The van der Waals surface area contributed by atoms with Gasteiger partial charge in [0.1, 0.15) is 0 Å². The van der Waals surface area contributed by atoms with E-state index in [1.807, 2.05) is 24.3 Å². The first-order valence-electron chi connectivity index (χ1n) is 6.39. The number of rotatable bonds is 4. The van der Waals surface area contributed by atoms with Crippen molar-refractivity contribution < 1.29 is 4.79 Å². The summed E-state index contributed by atoms with van der Waals surface area (Å²) in [5, 5.41) is 3.93. The molecule has 18 heavy (non-hydrogen) atoms. The van der Waals surface area contributed by atoms with Crippen LogP contribution in [0.5, 0.6) is 0 Å². The molecule has 1 unspecified atom stereocenters. The van der Waals surface area contributed by atoms with Gasteiger partial charge in [0, 0.05) is 11.6 Å². The molecule has 0 aliphatic carbocycles. The van der Waals surface area contributed by atoms with E-state index in [1.54, 1.807) is 11.8 Å². The molecule has 98 valence electrons. The van der Waals surface area contributed by atoms with E-state index in [0.29, 0.717) is 6.54 Å². The van der Waals surface area contributed by atoms with Crippen molar-refractivity contribution in [1.29, 1.82) is 0 Å². The Balaban J connectivity index is 1.73. The molecule has 1 heterocycles. The Bertz CT molecular complexity index is 405. The molecule has 1 amide bonds. The number of thioether (sulfide) groups is 1. The second kappa shape index (κ2) is 7.05. The first-order valence-corrected chi connectivity index (χ1v) is 7.82. The predicted molar refractivity (Wildman–Crippen MR) is 78.3 cm³/mol. The summed E-state index contributed by atoms with van der Waals surface area (Å²) in [7, 11) is 0. The largest absolute Gasteiger partial charge is 0.355 e. The first kappa shape index (κ1) is 13.8. The SMILES string of the molecule is O=C(NCCc1cccc(Cl)c1)C1CCCCS1. The Kier molecular flexibility index (Phi) is 5.39. The number of halogens is 1. The molecule has 1 fully saturated rings. The molecular formula is C14H18ClNOS. The van der Waals surface area contributed by atoms with Gasteiger partial charge in [0.15, 0.2) is 0 Å². The minimum atomic E-state index is 0.165. The van der Waals surface area contributed by atoms with Gasteiger partial charge in [-0.1, -0.05) is 30.2 Å². The molecule has 0 bridgehead atoms. The van der Waals surface area contributed by atoms with Crippen molar-refractivity contribution in [2.75, 3.05) is 12.3 Å². The van der Waals surface area contributed by atoms with Gasteiger partial charge in [-0.05, 0) is 42.7 Å². The summed E-state index contributed by atoms with van der Waals surface area (Å²) in [5.74, 6) is 1.31. The highest BCUT2D eigenvalue weighted by atomic mass is 35.5. The van der Waals surface area contributed by atoms with Crippen molar-refractivity contribution >= 4 is 29.3 Å². The van der Waals surface area contributed by atoms with Gasteiger partial charge in [0.2, 0.25) is 5.91 Å². The lowest BCUT2D eigenvalue weighted by Gasteiger charge is -2.20. The molecule has 0 saturated carbocycles. The van der Waals surface area contributed by atoms with E-state index in [4.69, 9.17) is 11.6 Å². The van der Waals surface area contributed by atoms with Crippen LogP contribution in [0.2, 0.25) is 5.02 Å². The van der Waals surface area contributed by atoms with Crippen LogP contribution < -0.4 is 5.32 Å². The van der Waals surface area contributed by atoms with Crippen molar-refractivity contribution in [2.24, 2.45) is 0 Å². The number of hydrogen-bond acceptors (Lipinski definition) is 2. The Morgan fingerprint density at radius 2 is 2.33 bits per heavy atom. The predicted octanol–water partition coefficient (Wildman–Crippen LogP) is 3.28. The molecule has 1 atom stereocenters. The molecule has 1 aliphatic rings. The molecule has 1 aromatic carbocycles. The van der Waals surface area contributed by atoms with E-state index >= 15 is 0 Å². The van der Waals surface area contributed by atoms with Crippen LogP contribution in [-0.2, 0) is 11.2 Å². The highest BCUT2D eigenvalue weighted by Gasteiger charge is 2.20. The maximum Gasteiger partial charge on any atom is 0.233 e. The van der Waals surface area contributed by atoms with Gasteiger partial charge in [0.05, 0.1) is 5.25 Å². The number of benzene rings is 1. The van der Waals surface area contributed by atoms with Crippen molar-refractivity contribution in [3.63, 3.8) is 0 Å². The summed E-state index contributed by atoms with van der Waals surface area (Å²) in [5.41, 5.74) is 1.17. The second-order valence-electron chi connectivity index (χ2n) is 4.53. The lowest BCUT2D eigenvalue weighted by atomic mass is 10.1. The third-order valence-electron chi connectivity index (χ3n) is 3.07. The van der Waals surface area contributed by atoms with Crippen LogP contribution in [0.1, 0.15) is 24.8 Å². The molecule has 4 heteroatoms. The van der Waals surface area contributed by atoms with Crippen LogP contribution in [0, 0.1) is 0 Å². The third-order valence-corrected chi connectivity index (χ3v) is 4.69. The summed E-state index contributed by atoms with van der Waals surface area (Å²) in [6.45, 7) is 0.691. The Hall–Kier alpha value is -0.670. The smallest absolute Gasteiger partial charge is 0.233 e. The number of carbonyl (C=O) groups excluding carboxylic acids is 1. The van der Waals surface area contributed by atoms with Gasteiger partial charge < -0.3 is 5.32 Å². The molecule has 0 spiro atoms. The molecule has 0 aromatic heterocycles. The third kappa shape index (κ3) is 4.21. The van der Waals surface area contributed by atoms with E-state index in [9.17, 15) is 4.79 Å². The van der Waals surface area contributed by atoms with Crippen LogP contribution in [-0.4, -0.2) is 23.5 Å². The zero-order valence-corrected chi connectivity index (χ0v) is 11.9. The van der Waals surface area contributed by atoms with E-state index < -0.39 is 0 Å². The lowest BCUT2D eigenvalue weighted by molar-refractivity contribution is -0.120. The lowest BCUT2D eigenvalue weighted by Crippen LogP contribution is -2.35. The van der Waals surface area contributed by atoms with Crippen LogP contribution in [0.3, 0.4) is 0 Å². The van der Waals surface area contributed by atoms with Crippen molar-refractivity contribution in [2.45, 2.75) is 30.9 Å². The van der Waals surface area contributed by atoms with Crippen molar-refractivity contribution in [3.8, 4) is 0 Å². The topological polar surface area (TPSA) is 29.1 Å². The highest BCUT2D eigenvalue weighted by Crippen LogP contribution is 2.24. The van der Waals surface area contributed by atoms with Crippen LogP contribution in [0.15, 0.2) is 24.3 Å². The fourth-order valence-corrected chi connectivity index (χ4v) is 3.52. The average molecular weight is 284 g/mol. The van der Waals surface area contributed by atoms with E-state index in [2.05, 4.69) is 5.32 Å². The number of hydrogen-bond donors (Lipinski definition) is 1. The van der Waals surface area contributed by atoms with Crippen LogP contribution >= 0.6 is 23.4 Å². The fourth-order valence-electron chi connectivity index (χ4n) is 2.08. The van der Waals surface area contributed by atoms with E-state index in [-0.39, 0.29) is 11.2 Å². The van der Waals surface area contributed by atoms with Gasteiger partial charge in [-0.25, -0.2) is 0 Å². The van der Waals surface area contributed by atoms with Crippen molar-refractivity contribution in [3.05, 3.63) is 34.9 Å². The summed E-state index contributed by atoms with van der Waals surface area (Å²) in [6, 6.07) is 7.79. The van der Waals surface area contributed by atoms with Gasteiger partial charge in [-0.3, -0.25) is 4.79 Å². The van der Waals surface area contributed by atoms with Crippen molar-refractivity contribution in [1.82, 2.24) is 5.32 Å². The maximum absolute atomic E-state index is 11.9. The monoisotopic (exact) mass is 283 g/mol.